The van der Waals surface area contributed by atoms with E-state index in [9.17, 15) is 65.4 Å². The third kappa shape index (κ3) is 7.84. The summed E-state index contributed by atoms with van der Waals surface area (Å²) in [4.78, 5) is 38.3. The molecule has 0 bridgehead atoms. The zero-order valence-corrected chi connectivity index (χ0v) is 40.4. The molecule has 19 heteroatoms. The fourth-order valence-corrected chi connectivity index (χ4v) is 14.7. The van der Waals surface area contributed by atoms with E-state index in [4.69, 9.17) is 28.4 Å². The van der Waals surface area contributed by atoms with E-state index in [1.54, 1.807) is 13.8 Å². The summed E-state index contributed by atoms with van der Waals surface area (Å²) < 4.78 is 36.0. The standard InChI is InChI=1S/C48H76O19/c1-20(2)40(61)67-37-38(62-21(3)51)48(19-50)23(17-43(37,4)5)22-11-12-26-45(8)15-14-27(44(6,7)25(45)13-16-46(26,9)47(22,10)35(57)36(48)58)64-42-34(31(55)30(54)33(65-42)39(59)60)66-41-32(56)29(53)28(52)24(18-49)63-41/h11,20,23-38,41-42,49-50,52-58H,12-19H2,1-10H3,(H,59,60)/t23-,24+,25-,26+,27-,28+,29-,30-,31-,32+,33-,34+,35-,36+,37-,38-,41-,42+,45-,46+,47-,48-/m0/s1. The molecule has 5 aliphatic carbocycles. The molecule has 0 aromatic heterocycles. The number of ether oxygens (including phenoxy) is 6. The first-order valence-corrected chi connectivity index (χ1v) is 23.9. The second-order valence-electron chi connectivity index (χ2n) is 23.1. The number of aliphatic carboxylic acids is 1. The lowest BCUT2D eigenvalue weighted by Gasteiger charge is -2.73. The number of carbonyl (C=O) groups is 3. The maximum absolute atomic E-state index is 13.2. The molecule has 4 saturated carbocycles. The van der Waals surface area contributed by atoms with Crippen LogP contribution in [0.3, 0.4) is 0 Å². The van der Waals surface area contributed by atoms with Crippen LogP contribution >= 0.6 is 0 Å². The van der Waals surface area contributed by atoms with E-state index in [-0.39, 0.29) is 11.8 Å². The van der Waals surface area contributed by atoms with Crippen LogP contribution in [0.1, 0.15) is 108 Å². The predicted octanol–water partition coefficient (Wildman–Crippen LogP) is 0.543. The van der Waals surface area contributed by atoms with Crippen LogP contribution in [0.2, 0.25) is 0 Å². The largest absolute Gasteiger partial charge is 0.479 e. The molecule has 6 fully saturated rings. The summed E-state index contributed by atoms with van der Waals surface area (Å²) >= 11 is 0. The Morgan fingerprint density at radius 3 is 2.00 bits per heavy atom. The summed E-state index contributed by atoms with van der Waals surface area (Å²) in [6.07, 6.45) is -18.6. The number of aliphatic hydroxyl groups is 9. The van der Waals surface area contributed by atoms with Gasteiger partial charge in [0.1, 0.15) is 48.8 Å². The normalized spacial score (nSPS) is 50.1. The van der Waals surface area contributed by atoms with Crippen molar-refractivity contribution in [3.05, 3.63) is 11.6 Å². The quantitative estimate of drug-likeness (QED) is 0.0812. The van der Waals surface area contributed by atoms with Crippen molar-refractivity contribution in [2.24, 2.45) is 56.2 Å². The molecule has 0 spiro atoms. The van der Waals surface area contributed by atoms with E-state index in [2.05, 4.69) is 19.9 Å². The number of carbonyl (C=O) groups excluding carboxylic acids is 2. The van der Waals surface area contributed by atoms with Gasteiger partial charge < -0.3 is 79.5 Å². The third-order valence-corrected chi connectivity index (χ3v) is 18.6. The van der Waals surface area contributed by atoms with Crippen LogP contribution in [0, 0.1) is 56.2 Å². The van der Waals surface area contributed by atoms with Crippen molar-refractivity contribution in [1.82, 2.24) is 0 Å². The molecule has 0 aromatic rings. The highest BCUT2D eigenvalue weighted by Gasteiger charge is 2.76. The SMILES string of the molecule is CC(=O)O[C@H]1[C@H](OC(=O)C(C)C)C(C)(C)C[C@H]2C3=CC[C@@H]4[C@@]5(C)CC[C@H](O[C@@H]6O[C@H](C(=O)O)[C@@H](O)[C@H](O)[C@H]6O[C@@H]6O[C@H](CO)[C@@H](O)[C@H](O)[C@H]6O)C(C)(C)[C@@H]5CC[C@@]4(C)[C@]3(C)[C@@H](O)[C@@H](O)[C@]21CO. The van der Waals surface area contributed by atoms with Crippen LogP contribution in [-0.2, 0) is 42.8 Å². The Kier molecular flexibility index (Phi) is 14.1. The molecule has 67 heavy (non-hydrogen) atoms. The van der Waals surface area contributed by atoms with Crippen LogP contribution in [0.4, 0.5) is 0 Å². The summed E-state index contributed by atoms with van der Waals surface area (Å²) in [5.41, 5.74) is -4.34. The average Bonchev–Trinajstić information content (AvgIpc) is 3.24. The summed E-state index contributed by atoms with van der Waals surface area (Å²) in [7, 11) is 0. The Morgan fingerprint density at radius 1 is 0.761 bits per heavy atom. The molecule has 2 saturated heterocycles. The van der Waals surface area contributed by atoms with Gasteiger partial charge in [-0.3, -0.25) is 9.59 Å². The number of hydrogen-bond acceptors (Lipinski definition) is 18. The molecule has 7 rings (SSSR count). The van der Waals surface area contributed by atoms with Crippen molar-refractivity contribution in [3.8, 4) is 0 Å². The molecule has 19 nitrogen and oxygen atoms in total. The molecule has 0 radical (unpaired) electrons. The van der Waals surface area contributed by atoms with Crippen LogP contribution in [0.5, 0.6) is 0 Å². The average molecular weight is 957 g/mol. The van der Waals surface area contributed by atoms with Gasteiger partial charge in [0, 0.05) is 17.8 Å². The Hall–Kier alpha value is -2.37. The van der Waals surface area contributed by atoms with E-state index in [0.29, 0.717) is 38.5 Å². The summed E-state index contributed by atoms with van der Waals surface area (Å²) in [6.45, 7) is 17.5. The Bertz CT molecular complexity index is 1900. The molecule has 2 heterocycles. The number of hydrogen-bond donors (Lipinski definition) is 10. The molecule has 0 unspecified atom stereocenters. The van der Waals surface area contributed by atoms with Crippen LogP contribution < -0.4 is 0 Å². The minimum Gasteiger partial charge on any atom is -0.479 e. The number of allylic oxidation sites excluding steroid dienone is 1. The van der Waals surface area contributed by atoms with Crippen molar-refractivity contribution in [3.63, 3.8) is 0 Å². The fourth-order valence-electron chi connectivity index (χ4n) is 14.7. The first-order valence-electron chi connectivity index (χ1n) is 23.9. The van der Waals surface area contributed by atoms with E-state index in [1.165, 1.54) is 6.92 Å². The lowest BCUT2D eigenvalue weighted by Crippen LogP contribution is -2.76. The van der Waals surface area contributed by atoms with Gasteiger partial charge in [-0.2, -0.15) is 0 Å². The zero-order valence-electron chi connectivity index (χ0n) is 40.4. The number of rotatable bonds is 10. The smallest absolute Gasteiger partial charge is 0.335 e. The summed E-state index contributed by atoms with van der Waals surface area (Å²) in [5.74, 6) is -4.01. The van der Waals surface area contributed by atoms with E-state index in [1.807, 2.05) is 34.6 Å². The maximum atomic E-state index is 13.2. The van der Waals surface area contributed by atoms with Gasteiger partial charge in [0.2, 0.25) is 0 Å². The van der Waals surface area contributed by atoms with Crippen molar-refractivity contribution in [2.45, 2.75) is 200 Å². The highest BCUT2D eigenvalue weighted by Crippen LogP contribution is 2.76. The number of carboxylic acids is 1. The van der Waals surface area contributed by atoms with Gasteiger partial charge in [0.15, 0.2) is 24.8 Å². The van der Waals surface area contributed by atoms with E-state index >= 15 is 0 Å². The number of aliphatic hydroxyl groups excluding tert-OH is 9. The van der Waals surface area contributed by atoms with Gasteiger partial charge in [0.25, 0.3) is 0 Å². The molecular weight excluding hydrogens is 881 g/mol. The second kappa shape index (κ2) is 18.0. The molecule has 0 aromatic carbocycles. The van der Waals surface area contributed by atoms with E-state index in [0.717, 1.165) is 5.57 Å². The predicted molar refractivity (Wildman–Crippen MR) is 232 cm³/mol. The zero-order chi connectivity index (χ0) is 49.9. The second-order valence-corrected chi connectivity index (χ2v) is 23.1. The first kappa shape index (κ1) is 52.5. The van der Waals surface area contributed by atoms with Gasteiger partial charge in [0.05, 0.1) is 42.9 Å². The number of carboxylic acid groups (broad SMARTS) is 1. The highest BCUT2D eigenvalue weighted by atomic mass is 16.8. The summed E-state index contributed by atoms with van der Waals surface area (Å²) in [6, 6.07) is 0. The minimum absolute atomic E-state index is 0.0601. The molecule has 0 amide bonds. The molecule has 10 N–H and O–H groups in total. The van der Waals surface area contributed by atoms with Gasteiger partial charge in [-0.25, -0.2) is 4.79 Å². The molecule has 2 aliphatic heterocycles. The molecule has 22 atom stereocenters. The number of fused-ring (bicyclic) bond motifs is 7. The van der Waals surface area contributed by atoms with Crippen LogP contribution in [0.25, 0.3) is 0 Å². The third-order valence-electron chi connectivity index (χ3n) is 18.6. The Labute approximate surface area is 391 Å². The van der Waals surface area contributed by atoms with Gasteiger partial charge in [-0.15, -0.1) is 0 Å². The van der Waals surface area contributed by atoms with Gasteiger partial charge >= 0.3 is 17.9 Å². The van der Waals surface area contributed by atoms with Crippen molar-refractivity contribution in [2.75, 3.05) is 13.2 Å². The Balaban J connectivity index is 1.21. The van der Waals surface area contributed by atoms with Crippen molar-refractivity contribution in [1.29, 1.82) is 0 Å². The molecular formula is C48H76O19. The molecule has 7 aliphatic rings. The molecule has 382 valence electrons. The topological polar surface area (TPSA) is 309 Å². The van der Waals surface area contributed by atoms with Crippen LogP contribution in [-0.4, -0.2) is 174 Å². The van der Waals surface area contributed by atoms with Gasteiger partial charge in [-0.1, -0.05) is 74.0 Å². The Morgan fingerprint density at radius 2 is 1.42 bits per heavy atom. The first-order chi connectivity index (χ1) is 31.0. The monoisotopic (exact) mass is 956 g/mol. The maximum Gasteiger partial charge on any atom is 0.335 e. The minimum atomic E-state index is -2.01. The number of esters is 2. The van der Waals surface area contributed by atoms with E-state index < -0.39 is 167 Å². The van der Waals surface area contributed by atoms with Gasteiger partial charge in [-0.05, 0) is 72.5 Å². The van der Waals surface area contributed by atoms with Crippen molar-refractivity contribution >= 4 is 17.9 Å². The lowest BCUT2D eigenvalue weighted by molar-refractivity contribution is -0.374. The lowest BCUT2D eigenvalue weighted by atomic mass is 9.32. The summed E-state index contributed by atoms with van der Waals surface area (Å²) in [5, 5.41) is 111. The fraction of sp³-hybridized carbons (Fsp3) is 0.896. The van der Waals surface area contributed by atoms with Crippen LogP contribution in [0.15, 0.2) is 11.6 Å². The highest BCUT2D eigenvalue weighted by molar-refractivity contribution is 5.73. The van der Waals surface area contributed by atoms with Crippen molar-refractivity contribution < 1.29 is 93.9 Å².